The SMILES string of the molecule is CCCC1(CCC)CC(C(=O)CC(C)C)(C(=O)OCC)C1. The predicted octanol–water partition coefficient (Wildman–Crippen LogP) is 4.53. The van der Waals surface area contributed by atoms with Crippen LogP contribution in [0.2, 0.25) is 0 Å². The van der Waals surface area contributed by atoms with E-state index in [1.54, 1.807) is 0 Å². The van der Waals surface area contributed by atoms with Crippen LogP contribution in [-0.2, 0) is 14.3 Å². The van der Waals surface area contributed by atoms with Crippen molar-refractivity contribution in [3.05, 3.63) is 0 Å². The highest BCUT2D eigenvalue weighted by atomic mass is 16.5. The van der Waals surface area contributed by atoms with Crippen molar-refractivity contribution in [2.75, 3.05) is 6.61 Å². The molecular formula is C18H32O3. The van der Waals surface area contributed by atoms with Crippen LogP contribution in [0.3, 0.4) is 0 Å². The van der Waals surface area contributed by atoms with Gasteiger partial charge in [0.2, 0.25) is 0 Å². The first-order valence-electron chi connectivity index (χ1n) is 8.56. The third-order valence-corrected chi connectivity index (χ3v) is 4.71. The molecule has 0 atom stereocenters. The van der Waals surface area contributed by atoms with Crippen molar-refractivity contribution in [2.45, 2.75) is 79.6 Å². The lowest BCUT2D eigenvalue weighted by molar-refractivity contribution is -0.179. The van der Waals surface area contributed by atoms with Crippen LogP contribution < -0.4 is 0 Å². The molecule has 0 aliphatic heterocycles. The van der Waals surface area contributed by atoms with Gasteiger partial charge < -0.3 is 4.74 Å². The first-order valence-corrected chi connectivity index (χ1v) is 8.56. The average molecular weight is 296 g/mol. The summed E-state index contributed by atoms with van der Waals surface area (Å²) >= 11 is 0. The van der Waals surface area contributed by atoms with Gasteiger partial charge in [0.05, 0.1) is 6.61 Å². The number of Topliss-reactive ketones (excluding diaryl/α,β-unsaturated/α-hetero) is 1. The van der Waals surface area contributed by atoms with Crippen molar-refractivity contribution in [3.8, 4) is 0 Å². The summed E-state index contributed by atoms with van der Waals surface area (Å²) in [5.41, 5.74) is -0.659. The van der Waals surface area contributed by atoms with Crippen LogP contribution in [0.4, 0.5) is 0 Å². The molecule has 0 spiro atoms. The van der Waals surface area contributed by atoms with E-state index in [1.807, 2.05) is 20.8 Å². The number of rotatable bonds is 9. The first-order chi connectivity index (χ1) is 9.85. The minimum absolute atomic E-state index is 0.0961. The molecule has 0 aromatic heterocycles. The van der Waals surface area contributed by atoms with Crippen LogP contribution in [-0.4, -0.2) is 18.4 Å². The van der Waals surface area contributed by atoms with E-state index in [0.717, 1.165) is 25.7 Å². The maximum atomic E-state index is 12.7. The van der Waals surface area contributed by atoms with Crippen LogP contribution in [0.25, 0.3) is 0 Å². The second-order valence-corrected chi connectivity index (χ2v) is 7.18. The standard InChI is InChI=1S/C18H32O3/c1-6-9-17(10-7-2)12-18(13-17,16(20)21-8-3)15(19)11-14(4)5/h14H,6-13H2,1-5H3. The second kappa shape index (κ2) is 7.42. The van der Waals surface area contributed by atoms with E-state index in [1.165, 1.54) is 0 Å². The van der Waals surface area contributed by atoms with Crippen molar-refractivity contribution >= 4 is 11.8 Å². The highest BCUT2D eigenvalue weighted by Crippen LogP contribution is 2.60. The number of carbonyl (C=O) groups excluding carboxylic acids is 2. The molecule has 1 fully saturated rings. The van der Waals surface area contributed by atoms with Gasteiger partial charge in [-0.25, -0.2) is 0 Å². The molecule has 3 heteroatoms. The molecule has 0 heterocycles. The molecule has 21 heavy (non-hydrogen) atoms. The zero-order valence-electron chi connectivity index (χ0n) is 14.5. The molecule has 1 aliphatic carbocycles. The quantitative estimate of drug-likeness (QED) is 0.464. The third-order valence-electron chi connectivity index (χ3n) is 4.71. The van der Waals surface area contributed by atoms with Crippen LogP contribution in [0, 0.1) is 16.7 Å². The summed E-state index contributed by atoms with van der Waals surface area (Å²) in [7, 11) is 0. The zero-order chi connectivity index (χ0) is 16.1. The number of hydrogen-bond acceptors (Lipinski definition) is 3. The smallest absolute Gasteiger partial charge is 0.319 e. The van der Waals surface area contributed by atoms with Crippen molar-refractivity contribution < 1.29 is 14.3 Å². The summed E-state index contributed by atoms with van der Waals surface area (Å²) in [6.45, 7) is 10.6. The number of ketones is 1. The van der Waals surface area contributed by atoms with Crippen molar-refractivity contribution in [1.29, 1.82) is 0 Å². The van der Waals surface area contributed by atoms with Gasteiger partial charge in [-0.3, -0.25) is 9.59 Å². The van der Waals surface area contributed by atoms with E-state index in [0.29, 0.717) is 25.9 Å². The summed E-state index contributed by atoms with van der Waals surface area (Å²) in [6.07, 6.45) is 6.31. The molecule has 3 nitrogen and oxygen atoms in total. The number of hydrogen-bond donors (Lipinski definition) is 0. The van der Waals surface area contributed by atoms with Gasteiger partial charge in [0, 0.05) is 6.42 Å². The molecule has 0 saturated heterocycles. The summed E-state index contributed by atoms with van der Waals surface area (Å²) < 4.78 is 5.24. The molecular weight excluding hydrogens is 264 g/mol. The Kier molecular flexibility index (Phi) is 6.42. The molecule has 0 aromatic carbocycles. The molecule has 1 saturated carbocycles. The fourth-order valence-corrected chi connectivity index (χ4v) is 4.06. The number of ether oxygens (including phenoxy) is 1. The van der Waals surface area contributed by atoms with Crippen molar-refractivity contribution in [1.82, 2.24) is 0 Å². The Morgan fingerprint density at radius 2 is 1.57 bits per heavy atom. The molecule has 0 N–H and O–H groups in total. The summed E-state index contributed by atoms with van der Waals surface area (Å²) in [5, 5.41) is 0. The van der Waals surface area contributed by atoms with E-state index in [4.69, 9.17) is 4.74 Å². The molecule has 0 bridgehead atoms. The topological polar surface area (TPSA) is 43.4 Å². The molecule has 1 rings (SSSR count). The second-order valence-electron chi connectivity index (χ2n) is 7.18. The van der Waals surface area contributed by atoms with E-state index in [2.05, 4.69) is 13.8 Å². The van der Waals surface area contributed by atoms with Gasteiger partial charge in [-0.15, -0.1) is 0 Å². The van der Waals surface area contributed by atoms with Crippen LogP contribution in [0.5, 0.6) is 0 Å². The average Bonchev–Trinajstić information content (AvgIpc) is 2.34. The van der Waals surface area contributed by atoms with Crippen LogP contribution in [0.15, 0.2) is 0 Å². The largest absolute Gasteiger partial charge is 0.465 e. The van der Waals surface area contributed by atoms with E-state index in [-0.39, 0.29) is 23.1 Å². The van der Waals surface area contributed by atoms with Gasteiger partial charge in [-0.05, 0) is 43.9 Å². The Morgan fingerprint density at radius 1 is 1.05 bits per heavy atom. The molecule has 0 amide bonds. The summed E-state index contributed by atoms with van der Waals surface area (Å²) in [4.78, 5) is 25.1. The maximum absolute atomic E-state index is 12.7. The molecule has 1 aliphatic rings. The summed E-state index contributed by atoms with van der Waals surface area (Å²) in [6, 6.07) is 0. The van der Waals surface area contributed by atoms with E-state index < -0.39 is 5.41 Å². The van der Waals surface area contributed by atoms with Gasteiger partial charge in [0.25, 0.3) is 0 Å². The molecule has 0 unspecified atom stereocenters. The maximum Gasteiger partial charge on any atom is 0.319 e. The Balaban J connectivity index is 2.92. The predicted molar refractivity (Wildman–Crippen MR) is 85.0 cm³/mol. The molecule has 0 aromatic rings. The Bertz CT molecular complexity index is 357. The zero-order valence-corrected chi connectivity index (χ0v) is 14.5. The third kappa shape index (κ3) is 3.87. The van der Waals surface area contributed by atoms with Crippen molar-refractivity contribution in [3.63, 3.8) is 0 Å². The van der Waals surface area contributed by atoms with Gasteiger partial charge in [-0.2, -0.15) is 0 Å². The van der Waals surface area contributed by atoms with Gasteiger partial charge in [-0.1, -0.05) is 40.5 Å². The highest BCUT2D eigenvalue weighted by Gasteiger charge is 2.62. The van der Waals surface area contributed by atoms with Gasteiger partial charge >= 0.3 is 5.97 Å². The van der Waals surface area contributed by atoms with E-state index in [9.17, 15) is 9.59 Å². The van der Waals surface area contributed by atoms with Crippen LogP contribution >= 0.6 is 0 Å². The lowest BCUT2D eigenvalue weighted by Crippen LogP contribution is -2.56. The highest BCUT2D eigenvalue weighted by molar-refractivity contribution is 6.05. The minimum atomic E-state index is -0.843. The van der Waals surface area contributed by atoms with Gasteiger partial charge in [0.1, 0.15) is 11.2 Å². The monoisotopic (exact) mass is 296 g/mol. The molecule has 0 radical (unpaired) electrons. The fraction of sp³-hybridized carbons (Fsp3) is 0.889. The Hall–Kier alpha value is -0.860. The lowest BCUT2D eigenvalue weighted by Gasteiger charge is -2.54. The van der Waals surface area contributed by atoms with Crippen molar-refractivity contribution in [2.24, 2.45) is 16.7 Å². The van der Waals surface area contributed by atoms with E-state index >= 15 is 0 Å². The minimum Gasteiger partial charge on any atom is -0.465 e. The first kappa shape index (κ1) is 18.2. The lowest BCUT2D eigenvalue weighted by atomic mass is 9.48. The van der Waals surface area contributed by atoms with Crippen LogP contribution in [0.1, 0.15) is 79.6 Å². The number of carbonyl (C=O) groups is 2. The van der Waals surface area contributed by atoms with Gasteiger partial charge in [0.15, 0.2) is 0 Å². The fourth-order valence-electron chi connectivity index (χ4n) is 4.06. The number of esters is 1. The Morgan fingerprint density at radius 3 is 1.95 bits per heavy atom. The normalized spacial score (nSPS) is 19.1. The molecule has 122 valence electrons. The Labute approximate surface area is 129 Å². The summed E-state index contributed by atoms with van der Waals surface area (Å²) in [5.74, 6) is 0.105.